The Morgan fingerprint density at radius 2 is 0.700 bits per heavy atom. The summed E-state index contributed by atoms with van der Waals surface area (Å²) in [5.41, 5.74) is 20.7. The van der Waals surface area contributed by atoms with Gasteiger partial charge in [-0.2, -0.15) is 0 Å². The first-order chi connectivity index (χ1) is 29.3. The smallest absolute Gasteiger partial charge is 0.0159 e. The molecule has 0 unspecified atom stereocenters. The van der Waals surface area contributed by atoms with Gasteiger partial charge in [-0.3, -0.25) is 0 Å². The summed E-state index contributed by atoms with van der Waals surface area (Å²) in [6.45, 7) is 9.72. The lowest BCUT2D eigenvalue weighted by Crippen LogP contribution is -2.24. The zero-order chi connectivity index (χ0) is 40.3. The summed E-state index contributed by atoms with van der Waals surface area (Å²) >= 11 is 0. The number of hydrogen-bond donors (Lipinski definition) is 0. The van der Waals surface area contributed by atoms with E-state index >= 15 is 0 Å². The van der Waals surface area contributed by atoms with Crippen LogP contribution in [0.2, 0.25) is 0 Å². The van der Waals surface area contributed by atoms with Crippen LogP contribution in [0.5, 0.6) is 0 Å². The molecule has 2 aliphatic carbocycles. The zero-order valence-corrected chi connectivity index (χ0v) is 34.5. The Bertz CT molecular complexity index is 3400. The van der Waals surface area contributed by atoms with Gasteiger partial charge in [0.05, 0.1) is 0 Å². The highest BCUT2D eigenvalue weighted by Crippen LogP contribution is 2.58. The highest BCUT2D eigenvalue weighted by atomic mass is 14.4. The van der Waals surface area contributed by atoms with Crippen LogP contribution in [0.15, 0.2) is 194 Å². The van der Waals surface area contributed by atoms with Gasteiger partial charge >= 0.3 is 0 Å². The molecular formula is C60H44. The van der Waals surface area contributed by atoms with Crippen LogP contribution in [0.25, 0.3) is 99.1 Å². The van der Waals surface area contributed by atoms with Crippen LogP contribution in [0.4, 0.5) is 0 Å². The van der Waals surface area contributed by atoms with Gasteiger partial charge in [-0.1, -0.05) is 179 Å². The van der Waals surface area contributed by atoms with E-state index in [1.165, 1.54) is 121 Å². The molecule has 0 saturated carbocycles. The Hall–Kier alpha value is -7.02. The highest BCUT2D eigenvalue weighted by molar-refractivity contribution is 6.13. The molecule has 10 aromatic carbocycles. The monoisotopic (exact) mass is 764 g/mol. The lowest BCUT2D eigenvalue weighted by Gasteiger charge is -2.36. The average molecular weight is 765 g/mol. The van der Waals surface area contributed by atoms with Gasteiger partial charge in [-0.05, 0) is 164 Å². The minimum Gasteiger partial charge on any atom is -0.0622 e. The summed E-state index contributed by atoms with van der Waals surface area (Å²) in [5.74, 6) is 0. The molecule has 0 spiro atoms. The van der Waals surface area contributed by atoms with Crippen molar-refractivity contribution < 1.29 is 0 Å². The third-order valence-corrected chi connectivity index (χ3v) is 14.0. The second-order valence-electron chi connectivity index (χ2n) is 18.1. The van der Waals surface area contributed by atoms with Gasteiger partial charge in [0.1, 0.15) is 0 Å². The lowest BCUT2D eigenvalue weighted by atomic mass is 9.66. The SMILES string of the molecule is CC1(C)c2cc(-c3cc4ccccc4cc3-c3ccccc3)ccc2-c2c1cc1c3c(cccc23)C(C)(C)c2cc(-c3cc4ccccc4cc3-c3ccccc3)ccc2-1. The number of fused-ring (bicyclic) bond motifs is 8. The van der Waals surface area contributed by atoms with Gasteiger partial charge in [0.25, 0.3) is 0 Å². The first kappa shape index (κ1) is 35.0. The van der Waals surface area contributed by atoms with Crippen molar-refractivity contribution in [2.75, 3.05) is 0 Å². The molecule has 0 amide bonds. The van der Waals surface area contributed by atoms with E-state index in [2.05, 4.69) is 222 Å². The molecule has 0 N–H and O–H groups in total. The predicted octanol–water partition coefficient (Wildman–Crippen LogP) is 16.4. The minimum absolute atomic E-state index is 0.201. The number of hydrogen-bond acceptors (Lipinski definition) is 0. The fraction of sp³-hybridized carbons (Fsp3) is 0.100. The maximum atomic E-state index is 2.56. The maximum absolute atomic E-state index is 2.56. The molecule has 0 nitrogen and oxygen atoms in total. The largest absolute Gasteiger partial charge is 0.0622 e. The van der Waals surface area contributed by atoms with Crippen LogP contribution >= 0.6 is 0 Å². The fourth-order valence-corrected chi connectivity index (χ4v) is 10.9. The zero-order valence-electron chi connectivity index (χ0n) is 34.5. The van der Waals surface area contributed by atoms with E-state index < -0.39 is 0 Å². The molecular weight excluding hydrogens is 721 g/mol. The van der Waals surface area contributed by atoms with Crippen LogP contribution in [-0.4, -0.2) is 0 Å². The number of rotatable bonds is 4. The van der Waals surface area contributed by atoms with Crippen molar-refractivity contribution in [2.24, 2.45) is 0 Å². The quantitative estimate of drug-likeness (QED) is 0.167. The van der Waals surface area contributed by atoms with E-state index in [1.54, 1.807) is 0 Å². The molecule has 0 fully saturated rings. The molecule has 0 atom stereocenters. The first-order valence-electron chi connectivity index (χ1n) is 21.3. The summed E-state index contributed by atoms with van der Waals surface area (Å²) in [4.78, 5) is 0. The third kappa shape index (κ3) is 5.04. The molecule has 10 aromatic rings. The van der Waals surface area contributed by atoms with Gasteiger partial charge in [0, 0.05) is 10.8 Å². The molecule has 0 saturated heterocycles. The molecule has 60 heavy (non-hydrogen) atoms. The Morgan fingerprint density at radius 3 is 1.22 bits per heavy atom. The molecule has 0 aromatic heterocycles. The second-order valence-corrected chi connectivity index (χ2v) is 18.1. The van der Waals surface area contributed by atoms with Crippen molar-refractivity contribution in [3.63, 3.8) is 0 Å². The molecule has 0 heteroatoms. The molecule has 0 bridgehead atoms. The van der Waals surface area contributed by atoms with Gasteiger partial charge in [0.15, 0.2) is 0 Å². The normalized spacial score (nSPS) is 14.3. The van der Waals surface area contributed by atoms with Crippen LogP contribution in [-0.2, 0) is 10.8 Å². The van der Waals surface area contributed by atoms with Crippen molar-refractivity contribution >= 4 is 32.3 Å². The van der Waals surface area contributed by atoms with Crippen LogP contribution in [0.1, 0.15) is 49.9 Å². The van der Waals surface area contributed by atoms with E-state index in [4.69, 9.17) is 0 Å². The van der Waals surface area contributed by atoms with Gasteiger partial charge in [0.2, 0.25) is 0 Å². The van der Waals surface area contributed by atoms with E-state index in [0.717, 1.165) is 0 Å². The van der Waals surface area contributed by atoms with E-state index in [9.17, 15) is 0 Å². The van der Waals surface area contributed by atoms with Crippen LogP contribution < -0.4 is 0 Å². The summed E-state index contributed by atoms with van der Waals surface area (Å²) < 4.78 is 0. The van der Waals surface area contributed by atoms with Crippen molar-refractivity contribution in [1.82, 2.24) is 0 Å². The Kier molecular flexibility index (Phi) is 7.42. The van der Waals surface area contributed by atoms with E-state index in [0.29, 0.717) is 0 Å². The molecule has 0 radical (unpaired) electrons. The van der Waals surface area contributed by atoms with Gasteiger partial charge in [-0.25, -0.2) is 0 Å². The minimum atomic E-state index is -0.208. The van der Waals surface area contributed by atoms with Crippen molar-refractivity contribution in [3.8, 4) is 66.8 Å². The first-order valence-corrected chi connectivity index (χ1v) is 21.3. The van der Waals surface area contributed by atoms with E-state index in [-0.39, 0.29) is 10.8 Å². The maximum Gasteiger partial charge on any atom is 0.0159 e. The van der Waals surface area contributed by atoms with Gasteiger partial charge in [-0.15, -0.1) is 0 Å². The molecule has 0 aliphatic heterocycles. The summed E-state index contributed by atoms with van der Waals surface area (Å²) in [5, 5.41) is 7.80. The Balaban J connectivity index is 1.04. The van der Waals surface area contributed by atoms with Crippen molar-refractivity contribution in [2.45, 2.75) is 38.5 Å². The molecule has 284 valence electrons. The molecule has 2 aliphatic rings. The van der Waals surface area contributed by atoms with Crippen molar-refractivity contribution in [3.05, 3.63) is 216 Å². The predicted molar refractivity (Wildman–Crippen MR) is 256 cm³/mol. The topological polar surface area (TPSA) is 0 Å². The third-order valence-electron chi connectivity index (χ3n) is 14.0. The Morgan fingerprint density at radius 1 is 0.267 bits per heavy atom. The van der Waals surface area contributed by atoms with E-state index in [1.807, 2.05) is 0 Å². The second kappa shape index (κ2) is 12.7. The fourth-order valence-electron chi connectivity index (χ4n) is 10.9. The van der Waals surface area contributed by atoms with Crippen LogP contribution in [0, 0.1) is 0 Å². The number of benzene rings is 10. The standard InChI is InChI=1S/C60H44/c1-59(2)53-25-15-24-47-57-46-29-27-44(51-33-42-23-14-12-21-40(42)31-49(51)38-18-9-6-10-19-38)35-55(46)60(3,4)56(57)36-52(58(47)53)45-28-26-43(34-54(45)59)50-32-41-22-13-11-20-39(41)30-48(50)37-16-7-5-8-17-37/h5-36H,1-4H3. The summed E-state index contributed by atoms with van der Waals surface area (Å²) in [6.07, 6.45) is 0. The average Bonchev–Trinajstić information content (AvgIpc) is 3.52. The Labute approximate surface area is 352 Å². The summed E-state index contributed by atoms with van der Waals surface area (Å²) in [7, 11) is 0. The van der Waals surface area contributed by atoms with Crippen molar-refractivity contribution in [1.29, 1.82) is 0 Å². The van der Waals surface area contributed by atoms with Crippen LogP contribution in [0.3, 0.4) is 0 Å². The molecule has 0 heterocycles. The summed E-state index contributed by atoms with van der Waals surface area (Å²) in [6, 6.07) is 73.0. The lowest BCUT2D eigenvalue weighted by molar-refractivity contribution is 0.644. The molecule has 12 rings (SSSR count). The highest BCUT2D eigenvalue weighted by Gasteiger charge is 2.41. The van der Waals surface area contributed by atoms with Gasteiger partial charge < -0.3 is 0 Å².